The minimum absolute atomic E-state index is 0.351. The second-order valence-electron chi connectivity index (χ2n) is 6.59. The maximum atomic E-state index is 11.8. The molecule has 0 spiro atoms. The molecule has 0 amide bonds. The van der Waals surface area contributed by atoms with E-state index in [0.29, 0.717) is 18.7 Å². The number of benzene rings is 2. The van der Waals surface area contributed by atoms with Crippen molar-refractivity contribution in [2.24, 2.45) is 0 Å². The lowest BCUT2D eigenvalue weighted by molar-refractivity contribution is -0.182. The van der Waals surface area contributed by atoms with Gasteiger partial charge in [0.05, 0.1) is 19.8 Å². The number of carbonyl (C=O) groups is 1. The molecule has 2 rings (SSSR count). The average molecular weight is 359 g/mol. The van der Waals surface area contributed by atoms with Crippen LogP contribution in [-0.4, -0.2) is 32.0 Å². The van der Waals surface area contributed by atoms with Gasteiger partial charge >= 0.3 is 5.97 Å². The van der Waals surface area contributed by atoms with E-state index in [0.717, 1.165) is 22.6 Å². The molecule has 2 aromatic rings. The molecule has 0 saturated carbocycles. The second kappa shape index (κ2) is 8.69. The molecule has 2 aromatic carbocycles. The van der Waals surface area contributed by atoms with Crippen molar-refractivity contribution in [2.45, 2.75) is 25.8 Å². The number of carbonyl (C=O) groups excluding carboxylic acids is 1. The topological polar surface area (TPSA) is 77.0 Å². The maximum absolute atomic E-state index is 11.8. The molecule has 26 heavy (non-hydrogen) atoms. The summed E-state index contributed by atoms with van der Waals surface area (Å²) in [6.07, 6.45) is 0. The van der Waals surface area contributed by atoms with Crippen molar-refractivity contribution >= 4 is 5.97 Å². The van der Waals surface area contributed by atoms with Crippen LogP contribution in [0.4, 0.5) is 0 Å². The van der Waals surface area contributed by atoms with E-state index in [-0.39, 0.29) is 5.41 Å². The van der Waals surface area contributed by atoms with E-state index in [1.807, 2.05) is 44.2 Å². The van der Waals surface area contributed by atoms with Crippen molar-refractivity contribution in [2.75, 3.05) is 20.8 Å². The Labute approximate surface area is 153 Å². The van der Waals surface area contributed by atoms with Crippen LogP contribution in [0.5, 0.6) is 11.5 Å². The summed E-state index contributed by atoms with van der Waals surface area (Å²) in [5.74, 6) is 0.729. The van der Waals surface area contributed by atoms with Crippen LogP contribution in [0.1, 0.15) is 35.3 Å². The quantitative estimate of drug-likeness (QED) is 0.556. The molecule has 0 aliphatic heterocycles. The molecule has 0 bridgehead atoms. The van der Waals surface area contributed by atoms with Gasteiger partial charge in [0, 0.05) is 30.1 Å². The molecule has 0 atom stereocenters. The van der Waals surface area contributed by atoms with E-state index in [9.17, 15) is 4.79 Å². The van der Waals surface area contributed by atoms with Gasteiger partial charge in [-0.2, -0.15) is 5.26 Å². The predicted octanol–water partition coefficient (Wildman–Crippen LogP) is 3.40. The molecule has 140 valence electrons. The second-order valence-corrected chi connectivity index (χ2v) is 6.59. The molecular formula is C20H25NO5. The highest BCUT2D eigenvalue weighted by Gasteiger charge is 2.26. The third-order valence-electron chi connectivity index (χ3n) is 4.34. The van der Waals surface area contributed by atoms with E-state index < -0.39 is 5.97 Å². The van der Waals surface area contributed by atoms with Gasteiger partial charge in [0.2, 0.25) is 0 Å². The number of hydrogen-bond donors (Lipinski definition) is 2. The van der Waals surface area contributed by atoms with Crippen molar-refractivity contribution in [3.8, 4) is 11.5 Å². The van der Waals surface area contributed by atoms with Gasteiger partial charge in [-0.3, -0.25) is 4.89 Å². The first-order valence-electron chi connectivity index (χ1n) is 8.30. The van der Waals surface area contributed by atoms with E-state index in [1.165, 1.54) is 0 Å². The van der Waals surface area contributed by atoms with Crippen LogP contribution in [-0.2, 0) is 16.8 Å². The molecule has 6 nitrogen and oxygen atoms in total. The van der Waals surface area contributed by atoms with Gasteiger partial charge in [0.25, 0.3) is 0 Å². The van der Waals surface area contributed by atoms with Crippen LogP contribution in [0, 0.1) is 0 Å². The molecular weight excluding hydrogens is 334 g/mol. The number of methoxy groups -OCH3 is 2. The average Bonchev–Trinajstić information content (AvgIpc) is 2.67. The van der Waals surface area contributed by atoms with E-state index in [2.05, 4.69) is 10.2 Å². The molecule has 0 heterocycles. The summed E-state index contributed by atoms with van der Waals surface area (Å²) in [5, 5.41) is 12.1. The summed E-state index contributed by atoms with van der Waals surface area (Å²) in [5.41, 5.74) is 1.80. The predicted molar refractivity (Wildman–Crippen MR) is 98.8 cm³/mol. The van der Waals surface area contributed by atoms with E-state index >= 15 is 0 Å². The Hall–Kier alpha value is -2.57. The lowest BCUT2D eigenvalue weighted by Gasteiger charge is -2.27. The van der Waals surface area contributed by atoms with Crippen molar-refractivity contribution in [1.29, 1.82) is 0 Å². The van der Waals surface area contributed by atoms with Crippen molar-refractivity contribution in [3.63, 3.8) is 0 Å². The fourth-order valence-corrected chi connectivity index (χ4v) is 2.90. The lowest BCUT2D eigenvalue weighted by Crippen LogP contribution is -2.34. The fourth-order valence-electron chi connectivity index (χ4n) is 2.90. The molecule has 0 radical (unpaired) electrons. The third-order valence-corrected chi connectivity index (χ3v) is 4.34. The zero-order valence-corrected chi connectivity index (χ0v) is 15.5. The van der Waals surface area contributed by atoms with Crippen LogP contribution in [0.25, 0.3) is 0 Å². The minimum atomic E-state index is -0.759. The van der Waals surface area contributed by atoms with Gasteiger partial charge in [0.1, 0.15) is 11.5 Å². The summed E-state index contributed by atoms with van der Waals surface area (Å²) < 4.78 is 10.6. The molecule has 0 saturated heterocycles. The molecule has 0 fully saturated rings. The smallest absolute Gasteiger partial charge is 0.373 e. The maximum Gasteiger partial charge on any atom is 0.373 e. The Morgan fingerprint density at radius 3 is 2.50 bits per heavy atom. The van der Waals surface area contributed by atoms with Gasteiger partial charge < -0.3 is 14.8 Å². The third kappa shape index (κ3) is 4.53. The van der Waals surface area contributed by atoms with Crippen LogP contribution in [0.2, 0.25) is 0 Å². The Bertz CT molecular complexity index is 758. The highest BCUT2D eigenvalue weighted by atomic mass is 17.1. The first-order valence-corrected chi connectivity index (χ1v) is 8.30. The van der Waals surface area contributed by atoms with Gasteiger partial charge in [-0.15, -0.1) is 0 Å². The van der Waals surface area contributed by atoms with Crippen LogP contribution in [0.3, 0.4) is 0 Å². The zero-order chi connectivity index (χ0) is 19.2. The first-order chi connectivity index (χ1) is 12.4. The van der Waals surface area contributed by atoms with Gasteiger partial charge in [0.15, 0.2) is 0 Å². The Balaban J connectivity index is 2.11. The van der Waals surface area contributed by atoms with Gasteiger partial charge in [-0.05, 0) is 17.7 Å². The summed E-state index contributed by atoms with van der Waals surface area (Å²) in [6.45, 7) is 5.25. The van der Waals surface area contributed by atoms with Gasteiger partial charge in [-0.1, -0.05) is 38.1 Å². The summed E-state index contributed by atoms with van der Waals surface area (Å²) in [4.78, 5) is 15.7. The van der Waals surface area contributed by atoms with Gasteiger partial charge in [-0.25, -0.2) is 4.79 Å². The SMILES string of the molecule is COc1ccc(CNCC(C)(C)c2ccccc2C(=O)OO)c(OC)c1. The summed E-state index contributed by atoms with van der Waals surface area (Å²) in [6, 6.07) is 12.8. The number of rotatable bonds is 8. The van der Waals surface area contributed by atoms with Crippen molar-refractivity contribution < 1.29 is 24.4 Å². The van der Waals surface area contributed by atoms with Crippen LogP contribution < -0.4 is 14.8 Å². The number of ether oxygens (including phenoxy) is 2. The van der Waals surface area contributed by atoms with Crippen molar-refractivity contribution in [1.82, 2.24) is 5.32 Å². The minimum Gasteiger partial charge on any atom is -0.497 e. The normalized spacial score (nSPS) is 11.1. The summed E-state index contributed by atoms with van der Waals surface area (Å²) in [7, 11) is 3.24. The van der Waals surface area contributed by atoms with Crippen molar-refractivity contribution in [3.05, 3.63) is 59.2 Å². The van der Waals surface area contributed by atoms with Crippen LogP contribution in [0.15, 0.2) is 42.5 Å². The fraction of sp³-hybridized carbons (Fsp3) is 0.350. The molecule has 0 aliphatic carbocycles. The number of nitrogens with one attached hydrogen (secondary N) is 1. The standard InChI is InChI=1S/C20H25NO5/c1-20(2,17-8-6-5-7-16(17)19(22)26-23)13-21-12-14-9-10-15(24-3)11-18(14)25-4/h5-11,21,23H,12-13H2,1-4H3. The number of hydrogen-bond acceptors (Lipinski definition) is 6. The Morgan fingerprint density at radius 2 is 1.85 bits per heavy atom. The Kier molecular flexibility index (Phi) is 6.60. The lowest BCUT2D eigenvalue weighted by atomic mass is 9.81. The zero-order valence-electron chi connectivity index (χ0n) is 15.5. The largest absolute Gasteiger partial charge is 0.497 e. The molecule has 0 unspecified atom stereocenters. The highest BCUT2D eigenvalue weighted by molar-refractivity contribution is 5.91. The van der Waals surface area contributed by atoms with E-state index in [4.69, 9.17) is 14.7 Å². The first kappa shape index (κ1) is 19.8. The van der Waals surface area contributed by atoms with E-state index in [1.54, 1.807) is 26.4 Å². The Morgan fingerprint density at radius 1 is 1.12 bits per heavy atom. The summed E-state index contributed by atoms with van der Waals surface area (Å²) >= 11 is 0. The molecule has 0 aromatic heterocycles. The highest BCUT2D eigenvalue weighted by Crippen LogP contribution is 2.28. The molecule has 0 aliphatic rings. The van der Waals surface area contributed by atoms with Crippen LogP contribution >= 0.6 is 0 Å². The monoisotopic (exact) mass is 359 g/mol. The molecule has 2 N–H and O–H groups in total. The molecule has 6 heteroatoms.